The minimum absolute atomic E-state index is 0.164. The van der Waals surface area contributed by atoms with Crippen LogP contribution in [-0.4, -0.2) is 30.9 Å². The molecule has 0 saturated carbocycles. The van der Waals surface area contributed by atoms with Crippen LogP contribution >= 0.6 is 0 Å². The summed E-state index contributed by atoms with van der Waals surface area (Å²) in [6.07, 6.45) is 1.56. The summed E-state index contributed by atoms with van der Waals surface area (Å²) in [6.45, 7) is 7.67. The highest BCUT2D eigenvalue weighted by atomic mass is 32.2. The van der Waals surface area contributed by atoms with Crippen molar-refractivity contribution >= 4 is 10.0 Å². The van der Waals surface area contributed by atoms with E-state index in [0.717, 1.165) is 5.56 Å². The van der Waals surface area contributed by atoms with Crippen molar-refractivity contribution in [2.24, 2.45) is 0 Å². The van der Waals surface area contributed by atoms with Crippen molar-refractivity contribution in [1.82, 2.24) is 4.31 Å². The molecule has 0 amide bonds. The van der Waals surface area contributed by atoms with E-state index in [0.29, 0.717) is 12.1 Å². The first kappa shape index (κ1) is 14.9. The topological polar surface area (TPSA) is 57.6 Å². The zero-order chi connectivity index (χ0) is 13.8. The van der Waals surface area contributed by atoms with Crippen molar-refractivity contribution in [2.75, 3.05) is 13.1 Å². The minimum atomic E-state index is -3.51. The quantitative estimate of drug-likeness (QED) is 0.799. The van der Waals surface area contributed by atoms with Crippen LogP contribution < -0.4 is 0 Å². The Kier molecular flexibility index (Phi) is 5.07. The Morgan fingerprint density at radius 3 is 2.61 bits per heavy atom. The average Bonchev–Trinajstić information content (AvgIpc) is 2.35. The third-order valence-corrected chi connectivity index (χ3v) is 4.75. The Balaban J connectivity index is 3.23. The fourth-order valence-corrected chi connectivity index (χ4v) is 3.14. The Labute approximate surface area is 109 Å². The largest absolute Gasteiger partial charge is 0.392 e. The molecular weight excluding hydrogens is 250 g/mol. The van der Waals surface area contributed by atoms with E-state index in [2.05, 4.69) is 6.58 Å². The molecule has 0 aromatic heterocycles. The van der Waals surface area contributed by atoms with E-state index >= 15 is 0 Å². The lowest BCUT2D eigenvalue weighted by Crippen LogP contribution is -2.31. The van der Waals surface area contributed by atoms with Crippen LogP contribution in [0.3, 0.4) is 0 Å². The Bertz CT molecular complexity index is 523. The molecule has 1 aromatic carbocycles. The lowest BCUT2D eigenvalue weighted by atomic mass is 10.1. The van der Waals surface area contributed by atoms with Gasteiger partial charge in [-0.15, -0.1) is 6.58 Å². The van der Waals surface area contributed by atoms with Gasteiger partial charge < -0.3 is 5.11 Å². The van der Waals surface area contributed by atoms with Crippen LogP contribution in [0, 0.1) is 6.92 Å². The number of benzene rings is 1. The molecule has 4 nitrogen and oxygen atoms in total. The van der Waals surface area contributed by atoms with Crippen LogP contribution in [0.2, 0.25) is 0 Å². The van der Waals surface area contributed by atoms with E-state index in [1.165, 1.54) is 10.4 Å². The van der Waals surface area contributed by atoms with Crippen molar-refractivity contribution in [3.8, 4) is 0 Å². The molecule has 0 atom stereocenters. The number of rotatable bonds is 6. The van der Waals surface area contributed by atoms with Gasteiger partial charge in [0.15, 0.2) is 0 Å². The van der Waals surface area contributed by atoms with Gasteiger partial charge in [-0.05, 0) is 30.2 Å². The average molecular weight is 269 g/mol. The number of likely N-dealkylation sites (N-methyl/N-ethyl adjacent to an activating group) is 1. The van der Waals surface area contributed by atoms with Crippen LogP contribution in [-0.2, 0) is 16.6 Å². The Hall–Kier alpha value is -1.17. The molecule has 100 valence electrons. The maximum absolute atomic E-state index is 12.3. The van der Waals surface area contributed by atoms with Gasteiger partial charge in [-0.1, -0.05) is 19.1 Å². The normalized spacial score (nSPS) is 11.8. The van der Waals surface area contributed by atoms with E-state index in [4.69, 9.17) is 0 Å². The van der Waals surface area contributed by atoms with Gasteiger partial charge in [0.05, 0.1) is 11.5 Å². The summed E-state index contributed by atoms with van der Waals surface area (Å²) >= 11 is 0. The summed E-state index contributed by atoms with van der Waals surface area (Å²) in [4.78, 5) is 0.209. The van der Waals surface area contributed by atoms with Gasteiger partial charge >= 0.3 is 0 Å². The Morgan fingerprint density at radius 2 is 2.11 bits per heavy atom. The Morgan fingerprint density at radius 1 is 1.44 bits per heavy atom. The first-order valence-electron chi connectivity index (χ1n) is 5.78. The van der Waals surface area contributed by atoms with Crippen LogP contribution in [0.5, 0.6) is 0 Å². The highest BCUT2D eigenvalue weighted by Crippen LogP contribution is 2.19. The molecule has 0 aliphatic carbocycles. The van der Waals surface area contributed by atoms with Crippen LogP contribution in [0.15, 0.2) is 35.7 Å². The van der Waals surface area contributed by atoms with E-state index in [1.807, 2.05) is 6.92 Å². The maximum Gasteiger partial charge on any atom is 0.243 e. The zero-order valence-electron chi connectivity index (χ0n) is 10.8. The molecule has 0 bridgehead atoms. The number of aliphatic hydroxyl groups excluding tert-OH is 1. The molecule has 1 rings (SSSR count). The summed E-state index contributed by atoms with van der Waals surface area (Å²) in [6, 6.07) is 4.80. The fraction of sp³-hybridized carbons (Fsp3) is 0.385. The van der Waals surface area contributed by atoms with Gasteiger partial charge in [0.1, 0.15) is 0 Å². The second kappa shape index (κ2) is 6.13. The van der Waals surface area contributed by atoms with Crippen LogP contribution in [0.25, 0.3) is 0 Å². The monoisotopic (exact) mass is 269 g/mol. The lowest BCUT2D eigenvalue weighted by Gasteiger charge is -2.19. The molecule has 0 aliphatic heterocycles. The fourth-order valence-electron chi connectivity index (χ4n) is 1.67. The summed E-state index contributed by atoms with van der Waals surface area (Å²) in [7, 11) is -3.51. The van der Waals surface area contributed by atoms with Gasteiger partial charge in [0, 0.05) is 13.1 Å². The summed E-state index contributed by atoms with van der Waals surface area (Å²) < 4.78 is 26.0. The van der Waals surface area contributed by atoms with Gasteiger partial charge in [-0.2, -0.15) is 4.31 Å². The number of hydrogen-bond acceptors (Lipinski definition) is 3. The first-order valence-corrected chi connectivity index (χ1v) is 7.22. The molecule has 1 N–H and O–H groups in total. The summed E-state index contributed by atoms with van der Waals surface area (Å²) in [5.74, 6) is 0. The maximum atomic E-state index is 12.3. The van der Waals surface area contributed by atoms with E-state index in [9.17, 15) is 13.5 Å². The molecule has 0 spiro atoms. The predicted molar refractivity (Wildman–Crippen MR) is 71.7 cm³/mol. The standard InChI is InChI=1S/C13H19NO3S/c1-4-8-14(5-2)18(16,17)13-7-6-11(3)12(9-13)10-15/h4,6-7,9,15H,1,5,8,10H2,2-3H3. The molecule has 18 heavy (non-hydrogen) atoms. The molecular formula is C13H19NO3S. The first-order chi connectivity index (χ1) is 8.47. The van der Waals surface area contributed by atoms with Crippen LogP contribution in [0.1, 0.15) is 18.1 Å². The molecule has 5 heteroatoms. The van der Waals surface area contributed by atoms with Gasteiger partial charge in [0.2, 0.25) is 10.0 Å². The predicted octanol–water partition coefficient (Wildman–Crippen LogP) is 1.68. The third kappa shape index (κ3) is 2.98. The highest BCUT2D eigenvalue weighted by molar-refractivity contribution is 7.89. The second-order valence-electron chi connectivity index (χ2n) is 3.99. The minimum Gasteiger partial charge on any atom is -0.392 e. The van der Waals surface area contributed by atoms with E-state index < -0.39 is 10.0 Å². The molecule has 1 aromatic rings. The number of nitrogens with zero attached hydrogens (tertiary/aromatic N) is 1. The summed E-state index contributed by atoms with van der Waals surface area (Å²) in [5.41, 5.74) is 1.51. The van der Waals surface area contributed by atoms with Crippen molar-refractivity contribution < 1.29 is 13.5 Å². The lowest BCUT2D eigenvalue weighted by molar-refractivity contribution is 0.280. The van der Waals surface area contributed by atoms with Crippen molar-refractivity contribution in [3.63, 3.8) is 0 Å². The molecule has 0 radical (unpaired) electrons. The van der Waals surface area contributed by atoms with Crippen LogP contribution in [0.4, 0.5) is 0 Å². The van der Waals surface area contributed by atoms with E-state index in [1.54, 1.807) is 25.1 Å². The number of hydrogen-bond donors (Lipinski definition) is 1. The molecule has 0 fully saturated rings. The molecule has 0 aliphatic rings. The second-order valence-corrected chi connectivity index (χ2v) is 5.93. The SMILES string of the molecule is C=CCN(CC)S(=O)(=O)c1ccc(C)c(CO)c1. The van der Waals surface area contributed by atoms with Crippen molar-refractivity contribution in [1.29, 1.82) is 0 Å². The number of aliphatic hydroxyl groups is 1. The number of sulfonamides is 1. The number of aryl methyl sites for hydroxylation is 1. The third-order valence-electron chi connectivity index (χ3n) is 2.81. The molecule has 0 unspecified atom stereocenters. The van der Waals surface area contributed by atoms with Gasteiger partial charge in [0.25, 0.3) is 0 Å². The van der Waals surface area contributed by atoms with Gasteiger partial charge in [-0.25, -0.2) is 8.42 Å². The van der Waals surface area contributed by atoms with E-state index in [-0.39, 0.29) is 18.0 Å². The highest BCUT2D eigenvalue weighted by Gasteiger charge is 2.22. The van der Waals surface area contributed by atoms with Gasteiger partial charge in [-0.3, -0.25) is 0 Å². The summed E-state index contributed by atoms with van der Waals surface area (Å²) in [5, 5.41) is 9.18. The molecule has 0 saturated heterocycles. The zero-order valence-corrected chi connectivity index (χ0v) is 11.6. The van der Waals surface area contributed by atoms with Crippen molar-refractivity contribution in [3.05, 3.63) is 42.0 Å². The smallest absolute Gasteiger partial charge is 0.243 e. The van der Waals surface area contributed by atoms with Crippen molar-refractivity contribution in [2.45, 2.75) is 25.3 Å². The molecule has 0 heterocycles.